The van der Waals surface area contributed by atoms with E-state index in [2.05, 4.69) is 10.3 Å². The SMILES string of the molecule is O=C(OCc1cccc(Cl)c1)c1csc(NCc2ccccc2)n1. The van der Waals surface area contributed by atoms with Gasteiger partial charge in [-0.05, 0) is 23.3 Å². The highest BCUT2D eigenvalue weighted by Gasteiger charge is 2.12. The first-order chi connectivity index (χ1) is 11.7. The molecule has 1 aromatic heterocycles. The van der Waals surface area contributed by atoms with Gasteiger partial charge in [0, 0.05) is 16.9 Å². The number of esters is 1. The molecule has 0 bridgehead atoms. The Hall–Kier alpha value is -2.37. The topological polar surface area (TPSA) is 51.2 Å². The summed E-state index contributed by atoms with van der Waals surface area (Å²) >= 11 is 7.28. The van der Waals surface area contributed by atoms with Crippen LogP contribution in [0.5, 0.6) is 0 Å². The van der Waals surface area contributed by atoms with Crippen molar-refractivity contribution in [3.63, 3.8) is 0 Å². The van der Waals surface area contributed by atoms with Gasteiger partial charge in [-0.25, -0.2) is 9.78 Å². The summed E-state index contributed by atoms with van der Waals surface area (Å²) in [6, 6.07) is 17.2. The second-order valence-electron chi connectivity index (χ2n) is 5.08. The molecule has 1 heterocycles. The van der Waals surface area contributed by atoms with Gasteiger partial charge in [0.1, 0.15) is 6.61 Å². The van der Waals surface area contributed by atoms with E-state index in [-0.39, 0.29) is 6.61 Å². The standard InChI is InChI=1S/C18H15ClN2O2S/c19-15-8-4-7-14(9-15)11-23-17(22)16-12-24-18(21-16)20-10-13-5-2-1-3-6-13/h1-9,12H,10-11H2,(H,20,21). The molecule has 0 amide bonds. The van der Waals surface area contributed by atoms with Crippen molar-refractivity contribution in [3.8, 4) is 0 Å². The van der Waals surface area contributed by atoms with Gasteiger partial charge < -0.3 is 10.1 Å². The Labute approximate surface area is 149 Å². The molecule has 0 radical (unpaired) electrons. The van der Waals surface area contributed by atoms with Gasteiger partial charge in [-0.3, -0.25) is 0 Å². The summed E-state index contributed by atoms with van der Waals surface area (Å²) in [6.07, 6.45) is 0. The lowest BCUT2D eigenvalue weighted by Gasteiger charge is -2.04. The number of nitrogens with zero attached hydrogens (tertiary/aromatic N) is 1. The van der Waals surface area contributed by atoms with Gasteiger partial charge in [0.15, 0.2) is 10.8 Å². The van der Waals surface area contributed by atoms with E-state index in [0.29, 0.717) is 22.4 Å². The smallest absolute Gasteiger partial charge is 0.358 e. The highest BCUT2D eigenvalue weighted by Crippen LogP contribution is 2.18. The molecule has 0 fully saturated rings. The quantitative estimate of drug-likeness (QED) is 0.645. The molecule has 24 heavy (non-hydrogen) atoms. The third-order valence-corrected chi connectivity index (χ3v) is 4.29. The number of aromatic nitrogens is 1. The fraction of sp³-hybridized carbons (Fsp3) is 0.111. The number of rotatable bonds is 6. The van der Waals surface area contributed by atoms with Crippen LogP contribution in [0.3, 0.4) is 0 Å². The van der Waals surface area contributed by atoms with E-state index in [4.69, 9.17) is 16.3 Å². The van der Waals surface area contributed by atoms with Crippen LogP contribution in [0.4, 0.5) is 5.13 Å². The number of hydrogen-bond donors (Lipinski definition) is 1. The number of anilines is 1. The number of halogens is 1. The molecular weight excluding hydrogens is 344 g/mol. The summed E-state index contributed by atoms with van der Waals surface area (Å²) in [6.45, 7) is 0.828. The van der Waals surface area contributed by atoms with E-state index in [1.807, 2.05) is 42.5 Å². The zero-order chi connectivity index (χ0) is 16.8. The number of carbonyl (C=O) groups is 1. The summed E-state index contributed by atoms with van der Waals surface area (Å²) in [5.41, 5.74) is 2.30. The first kappa shape index (κ1) is 16.5. The summed E-state index contributed by atoms with van der Waals surface area (Å²) in [5.74, 6) is -0.445. The van der Waals surface area contributed by atoms with Crippen LogP contribution < -0.4 is 5.32 Å². The van der Waals surface area contributed by atoms with E-state index in [1.54, 1.807) is 17.5 Å². The van der Waals surface area contributed by atoms with Crippen molar-refractivity contribution in [1.82, 2.24) is 4.98 Å². The number of carbonyl (C=O) groups excluding carboxylic acids is 1. The van der Waals surface area contributed by atoms with Gasteiger partial charge in [0.2, 0.25) is 0 Å². The second-order valence-corrected chi connectivity index (χ2v) is 6.38. The second kappa shape index (κ2) is 7.95. The van der Waals surface area contributed by atoms with Crippen LogP contribution in [0.25, 0.3) is 0 Å². The Bertz CT molecular complexity index is 821. The third kappa shape index (κ3) is 4.57. The van der Waals surface area contributed by atoms with Crippen LogP contribution in [0.1, 0.15) is 21.6 Å². The van der Waals surface area contributed by atoms with Crippen LogP contribution in [-0.4, -0.2) is 11.0 Å². The maximum absolute atomic E-state index is 12.1. The summed E-state index contributed by atoms with van der Waals surface area (Å²) < 4.78 is 5.26. The molecule has 3 aromatic rings. The molecule has 6 heteroatoms. The van der Waals surface area contributed by atoms with Gasteiger partial charge in [-0.15, -0.1) is 11.3 Å². The fourth-order valence-corrected chi connectivity index (χ4v) is 2.96. The zero-order valence-electron chi connectivity index (χ0n) is 12.7. The Kier molecular flexibility index (Phi) is 5.46. The molecule has 0 atom stereocenters. The summed E-state index contributed by atoms with van der Waals surface area (Å²) in [5, 5.41) is 6.19. The first-order valence-electron chi connectivity index (χ1n) is 7.35. The molecule has 3 rings (SSSR count). The monoisotopic (exact) mass is 358 g/mol. The van der Waals surface area contributed by atoms with Crippen LogP contribution in [-0.2, 0) is 17.9 Å². The lowest BCUT2D eigenvalue weighted by Crippen LogP contribution is -2.06. The highest BCUT2D eigenvalue weighted by molar-refractivity contribution is 7.13. The lowest BCUT2D eigenvalue weighted by atomic mass is 10.2. The van der Waals surface area contributed by atoms with E-state index in [0.717, 1.165) is 11.1 Å². The summed E-state index contributed by atoms with van der Waals surface area (Å²) in [7, 11) is 0. The number of benzene rings is 2. The largest absolute Gasteiger partial charge is 0.456 e. The molecule has 0 unspecified atom stereocenters. The van der Waals surface area contributed by atoms with Crippen molar-refractivity contribution in [2.75, 3.05) is 5.32 Å². The van der Waals surface area contributed by atoms with E-state index in [9.17, 15) is 4.79 Å². The Morgan fingerprint density at radius 2 is 1.92 bits per heavy atom. The van der Waals surface area contributed by atoms with Crippen molar-refractivity contribution in [2.45, 2.75) is 13.2 Å². The maximum atomic E-state index is 12.1. The molecule has 122 valence electrons. The Morgan fingerprint density at radius 3 is 2.71 bits per heavy atom. The van der Waals surface area contributed by atoms with E-state index in [1.165, 1.54) is 11.3 Å². The molecule has 0 spiro atoms. The number of nitrogens with one attached hydrogen (secondary N) is 1. The average Bonchev–Trinajstić information content (AvgIpc) is 3.08. The molecule has 0 saturated carbocycles. The molecule has 0 aliphatic rings. The van der Waals surface area contributed by atoms with Crippen molar-refractivity contribution in [1.29, 1.82) is 0 Å². The van der Waals surface area contributed by atoms with Gasteiger partial charge in [-0.1, -0.05) is 54.1 Å². The predicted octanol–water partition coefficient (Wildman–Crippen LogP) is 4.77. The van der Waals surface area contributed by atoms with Gasteiger partial charge in [-0.2, -0.15) is 0 Å². The number of thiazole rings is 1. The minimum atomic E-state index is -0.445. The first-order valence-corrected chi connectivity index (χ1v) is 8.61. The van der Waals surface area contributed by atoms with Crippen molar-refractivity contribution >= 4 is 34.0 Å². The van der Waals surface area contributed by atoms with Gasteiger partial charge >= 0.3 is 5.97 Å². The maximum Gasteiger partial charge on any atom is 0.358 e. The van der Waals surface area contributed by atoms with Crippen LogP contribution in [0.2, 0.25) is 5.02 Å². The molecule has 2 aromatic carbocycles. The van der Waals surface area contributed by atoms with Crippen molar-refractivity contribution in [2.24, 2.45) is 0 Å². The van der Waals surface area contributed by atoms with Crippen LogP contribution >= 0.6 is 22.9 Å². The average molecular weight is 359 g/mol. The van der Waals surface area contributed by atoms with E-state index < -0.39 is 5.97 Å². The Morgan fingerprint density at radius 1 is 1.12 bits per heavy atom. The fourth-order valence-electron chi connectivity index (χ4n) is 2.07. The molecule has 0 aliphatic carbocycles. The third-order valence-electron chi connectivity index (χ3n) is 3.26. The van der Waals surface area contributed by atoms with E-state index >= 15 is 0 Å². The highest BCUT2D eigenvalue weighted by atomic mass is 35.5. The summed E-state index contributed by atoms with van der Waals surface area (Å²) in [4.78, 5) is 16.3. The normalized spacial score (nSPS) is 10.4. The van der Waals surface area contributed by atoms with Gasteiger partial charge in [0.25, 0.3) is 0 Å². The Balaban J connectivity index is 1.53. The molecular formula is C18H15ClN2O2S. The predicted molar refractivity (Wildman–Crippen MR) is 96.5 cm³/mol. The van der Waals surface area contributed by atoms with Crippen molar-refractivity contribution in [3.05, 3.63) is 81.8 Å². The van der Waals surface area contributed by atoms with Gasteiger partial charge in [0.05, 0.1) is 0 Å². The van der Waals surface area contributed by atoms with Crippen LogP contribution in [0, 0.1) is 0 Å². The van der Waals surface area contributed by atoms with Crippen LogP contribution in [0.15, 0.2) is 60.0 Å². The molecule has 0 aliphatic heterocycles. The van der Waals surface area contributed by atoms with Crippen molar-refractivity contribution < 1.29 is 9.53 Å². The minimum Gasteiger partial charge on any atom is -0.456 e. The molecule has 4 nitrogen and oxygen atoms in total. The number of hydrogen-bond acceptors (Lipinski definition) is 5. The lowest BCUT2D eigenvalue weighted by molar-refractivity contribution is 0.0467. The zero-order valence-corrected chi connectivity index (χ0v) is 14.3. The minimum absolute atomic E-state index is 0.170. The molecule has 0 saturated heterocycles. The number of ether oxygens (including phenoxy) is 1. The molecule has 1 N–H and O–H groups in total.